The molecule has 2 aromatic carbocycles. The van der Waals surface area contributed by atoms with E-state index in [9.17, 15) is 0 Å². The first kappa shape index (κ1) is 48.5. The first-order valence-corrected chi connectivity index (χ1v) is 26.9. The van der Waals surface area contributed by atoms with Gasteiger partial charge in [-0.25, -0.2) is 0 Å². The van der Waals surface area contributed by atoms with E-state index >= 15 is 0 Å². The highest BCUT2D eigenvalue weighted by Gasteiger charge is 2.45. The quantitative estimate of drug-likeness (QED) is 0.0749. The molecule has 0 saturated carbocycles. The molecule has 7 nitrogen and oxygen atoms in total. The van der Waals surface area contributed by atoms with Crippen LogP contribution in [-0.4, -0.2) is 67.2 Å². The number of ether oxygens (including phenoxy) is 5. The van der Waals surface area contributed by atoms with Gasteiger partial charge in [0.2, 0.25) is 0 Å². The molecular weight excluding hydrogens is 733 g/mol. The number of rotatable bonds is 20. The Bertz CT molecular complexity index is 1460. The SMILES string of the molecule is COc1ccc(CO[C@@H]([C@@H](C)[C@@H](/C=C\[C@H](C)[C@@H]2OC(C)(C)O[C@@H](CCOCc3ccccc3)[C@H]2C)O[Si](C)(C)C(C)(C)C)[C@H](C)CO[Si](C)(C)C(C)(C)C)cc1. The van der Waals surface area contributed by atoms with Crippen molar-refractivity contribution in [1.82, 2.24) is 0 Å². The molecule has 1 saturated heterocycles. The zero-order valence-electron chi connectivity index (χ0n) is 38.4. The van der Waals surface area contributed by atoms with Gasteiger partial charge in [-0.2, -0.15) is 0 Å². The van der Waals surface area contributed by atoms with Crippen LogP contribution in [0.4, 0.5) is 0 Å². The summed E-state index contributed by atoms with van der Waals surface area (Å²) in [6, 6.07) is 18.5. The Morgan fingerprint density at radius 2 is 1.38 bits per heavy atom. The lowest BCUT2D eigenvalue weighted by Gasteiger charge is -2.47. The molecule has 1 aliphatic heterocycles. The molecule has 2 aromatic rings. The molecule has 1 fully saturated rings. The van der Waals surface area contributed by atoms with Gasteiger partial charge in [-0.3, -0.25) is 0 Å². The Labute approximate surface area is 344 Å². The fraction of sp³-hybridized carbons (Fsp3) is 0.702. The maximum atomic E-state index is 7.35. The Hall–Kier alpha value is -1.83. The Balaban J connectivity index is 1.89. The summed E-state index contributed by atoms with van der Waals surface area (Å²) in [5.74, 6) is 0.616. The van der Waals surface area contributed by atoms with Crippen molar-refractivity contribution < 1.29 is 32.5 Å². The minimum atomic E-state index is -2.19. The van der Waals surface area contributed by atoms with Crippen molar-refractivity contribution in [2.24, 2.45) is 23.7 Å². The lowest BCUT2D eigenvalue weighted by atomic mass is 9.84. The number of benzene rings is 2. The van der Waals surface area contributed by atoms with E-state index in [2.05, 4.69) is 132 Å². The van der Waals surface area contributed by atoms with E-state index in [1.807, 2.05) is 44.2 Å². The van der Waals surface area contributed by atoms with Crippen molar-refractivity contribution in [2.45, 2.75) is 169 Å². The minimum Gasteiger partial charge on any atom is -0.497 e. The van der Waals surface area contributed by atoms with Crippen molar-refractivity contribution >= 4 is 16.6 Å². The Morgan fingerprint density at radius 3 is 1.95 bits per heavy atom. The van der Waals surface area contributed by atoms with Crippen LogP contribution in [0.15, 0.2) is 66.7 Å². The molecule has 0 amide bonds. The lowest BCUT2D eigenvalue weighted by Crippen LogP contribution is -2.52. The second kappa shape index (κ2) is 20.4. The van der Waals surface area contributed by atoms with Crippen molar-refractivity contribution in [3.63, 3.8) is 0 Å². The third-order valence-corrected chi connectivity index (χ3v) is 21.7. The third-order valence-electron chi connectivity index (χ3n) is 12.7. The third kappa shape index (κ3) is 14.2. The van der Waals surface area contributed by atoms with Gasteiger partial charge in [0, 0.05) is 36.9 Å². The highest BCUT2D eigenvalue weighted by Crippen LogP contribution is 2.41. The van der Waals surface area contributed by atoms with Gasteiger partial charge in [-0.1, -0.05) is 124 Å². The van der Waals surface area contributed by atoms with Crippen molar-refractivity contribution in [2.75, 3.05) is 20.3 Å². The molecular formula is C47H80O7Si2. The van der Waals surface area contributed by atoms with Crippen molar-refractivity contribution in [1.29, 1.82) is 0 Å². The van der Waals surface area contributed by atoms with Crippen LogP contribution in [0, 0.1) is 23.7 Å². The topological polar surface area (TPSA) is 64.6 Å². The summed E-state index contributed by atoms with van der Waals surface area (Å²) in [6.45, 7) is 38.7. The van der Waals surface area contributed by atoms with Crippen LogP contribution < -0.4 is 4.74 Å². The zero-order valence-corrected chi connectivity index (χ0v) is 40.4. The van der Waals surface area contributed by atoms with E-state index in [4.69, 9.17) is 32.5 Å². The largest absolute Gasteiger partial charge is 0.497 e. The zero-order chi connectivity index (χ0) is 42.1. The minimum absolute atomic E-state index is 0.0195. The summed E-state index contributed by atoms with van der Waals surface area (Å²) in [4.78, 5) is 0. The van der Waals surface area contributed by atoms with Crippen LogP contribution in [0.1, 0.15) is 101 Å². The molecule has 0 bridgehead atoms. The normalized spacial score (nSPS) is 22.4. The molecule has 9 heteroatoms. The summed E-state index contributed by atoms with van der Waals surface area (Å²) < 4.78 is 45.9. The van der Waals surface area contributed by atoms with E-state index < -0.39 is 22.4 Å². The van der Waals surface area contributed by atoms with Crippen LogP contribution in [-0.2, 0) is 41.0 Å². The summed E-state index contributed by atoms with van der Waals surface area (Å²) in [5, 5.41) is 0.163. The highest BCUT2D eigenvalue weighted by molar-refractivity contribution is 6.74. The van der Waals surface area contributed by atoms with Gasteiger partial charge in [-0.15, -0.1) is 0 Å². The molecule has 1 aliphatic rings. The fourth-order valence-electron chi connectivity index (χ4n) is 6.84. The predicted octanol–water partition coefficient (Wildman–Crippen LogP) is 12.2. The maximum Gasteiger partial charge on any atom is 0.192 e. The van der Waals surface area contributed by atoms with Gasteiger partial charge in [0.25, 0.3) is 0 Å². The molecule has 0 radical (unpaired) electrons. The van der Waals surface area contributed by atoms with Gasteiger partial charge >= 0.3 is 0 Å². The maximum absolute atomic E-state index is 7.35. The number of hydrogen-bond donors (Lipinski definition) is 0. The summed E-state index contributed by atoms with van der Waals surface area (Å²) >= 11 is 0. The number of methoxy groups -OCH3 is 1. The number of hydrogen-bond acceptors (Lipinski definition) is 7. The molecule has 8 atom stereocenters. The van der Waals surface area contributed by atoms with Gasteiger partial charge in [0.05, 0.1) is 44.7 Å². The van der Waals surface area contributed by atoms with E-state index in [1.165, 1.54) is 5.56 Å². The molecule has 0 spiro atoms. The van der Waals surface area contributed by atoms with Crippen molar-refractivity contribution in [3.05, 3.63) is 77.9 Å². The molecule has 0 unspecified atom stereocenters. The smallest absolute Gasteiger partial charge is 0.192 e. The van der Waals surface area contributed by atoms with Crippen molar-refractivity contribution in [3.8, 4) is 5.75 Å². The van der Waals surface area contributed by atoms with E-state index in [1.54, 1.807) is 7.11 Å². The molecule has 56 heavy (non-hydrogen) atoms. The average molecular weight is 813 g/mol. The standard InChI is InChI=1S/C47H80O7Si2/c1-34(44-36(3)41(52-47(11,12)53-44)29-30-49-32-38-21-19-18-20-22-38)23-28-42(54-56(16,17)46(8,9)10)37(4)43(35(2)31-51-55(14,15)45(5,6)7)50-33-39-24-26-40(48-13)27-25-39/h18-28,34-37,41-44H,29-33H2,1-17H3/b28-23-/t34-,35+,36+,37-,41-,42+,43+,44-/m0/s1. The second-order valence-electron chi connectivity index (χ2n) is 19.9. The molecule has 1 heterocycles. The molecule has 0 N–H and O–H groups in total. The first-order chi connectivity index (χ1) is 25.9. The van der Waals surface area contributed by atoms with Crippen LogP contribution in [0.2, 0.25) is 36.3 Å². The van der Waals surface area contributed by atoms with Crippen LogP contribution in [0.3, 0.4) is 0 Å². The van der Waals surface area contributed by atoms with E-state index in [-0.39, 0.29) is 58.2 Å². The van der Waals surface area contributed by atoms with Gasteiger partial charge in [0.1, 0.15) is 5.75 Å². The van der Waals surface area contributed by atoms with E-state index in [0.717, 1.165) is 17.7 Å². The molecule has 3 rings (SSSR count). The summed E-state index contributed by atoms with van der Waals surface area (Å²) in [5.41, 5.74) is 2.29. The van der Waals surface area contributed by atoms with Gasteiger partial charge in [0.15, 0.2) is 22.4 Å². The lowest BCUT2D eigenvalue weighted by molar-refractivity contribution is -0.326. The second-order valence-corrected chi connectivity index (χ2v) is 29.5. The van der Waals surface area contributed by atoms with Gasteiger partial charge in [-0.05, 0) is 79.8 Å². The van der Waals surface area contributed by atoms with E-state index in [0.29, 0.717) is 26.4 Å². The summed E-state index contributed by atoms with van der Waals surface area (Å²) in [6.07, 6.45) is 5.16. The van der Waals surface area contributed by atoms with Crippen LogP contribution >= 0.6 is 0 Å². The fourth-order valence-corrected chi connectivity index (χ4v) is 9.28. The Kier molecular flexibility index (Phi) is 17.7. The van der Waals surface area contributed by atoms with Gasteiger partial charge < -0.3 is 32.5 Å². The Morgan fingerprint density at radius 1 is 0.786 bits per heavy atom. The van der Waals surface area contributed by atoms with Crippen LogP contribution in [0.25, 0.3) is 0 Å². The average Bonchev–Trinajstić information content (AvgIpc) is 3.11. The summed E-state index contributed by atoms with van der Waals surface area (Å²) in [7, 11) is -2.47. The molecule has 0 aromatic heterocycles. The molecule has 0 aliphatic carbocycles. The van der Waals surface area contributed by atoms with Crippen LogP contribution in [0.5, 0.6) is 5.75 Å². The highest BCUT2D eigenvalue weighted by atomic mass is 28.4. The first-order valence-electron chi connectivity index (χ1n) is 21.1. The predicted molar refractivity (Wildman–Crippen MR) is 237 cm³/mol. The molecule has 318 valence electrons. The monoisotopic (exact) mass is 813 g/mol.